The van der Waals surface area contributed by atoms with Crippen molar-refractivity contribution >= 4 is 5.91 Å². The van der Waals surface area contributed by atoms with Gasteiger partial charge in [0.25, 0.3) is 5.91 Å². The summed E-state index contributed by atoms with van der Waals surface area (Å²) in [7, 11) is 0. The van der Waals surface area contributed by atoms with Gasteiger partial charge in [-0.15, -0.1) is 0 Å². The van der Waals surface area contributed by atoms with Crippen LogP contribution in [0.3, 0.4) is 0 Å². The third kappa shape index (κ3) is 4.00. The van der Waals surface area contributed by atoms with E-state index in [1.54, 1.807) is 24.3 Å². The van der Waals surface area contributed by atoms with Crippen molar-refractivity contribution < 1.29 is 18.7 Å². The molecule has 0 atom stereocenters. The second-order valence-electron chi connectivity index (χ2n) is 5.35. The number of amides is 1. The first-order valence-corrected chi connectivity index (χ1v) is 7.65. The number of aryl methyl sites for hydroxylation is 1. The Morgan fingerprint density at radius 1 is 1.09 bits per heavy atom. The van der Waals surface area contributed by atoms with Gasteiger partial charge in [0.2, 0.25) is 0 Å². The second-order valence-corrected chi connectivity index (χ2v) is 5.35. The highest BCUT2D eigenvalue weighted by molar-refractivity contribution is 5.94. The minimum Gasteiger partial charge on any atom is -0.486 e. The molecule has 0 bridgehead atoms. The molecule has 1 aliphatic rings. The summed E-state index contributed by atoms with van der Waals surface area (Å²) in [6, 6.07) is 11.7. The van der Waals surface area contributed by atoms with Crippen LogP contribution in [0.15, 0.2) is 42.5 Å². The van der Waals surface area contributed by atoms with Crippen LogP contribution < -0.4 is 14.8 Å². The Kier molecular flexibility index (Phi) is 4.76. The zero-order valence-electron chi connectivity index (χ0n) is 12.7. The van der Waals surface area contributed by atoms with Crippen LogP contribution in [0.2, 0.25) is 0 Å². The SMILES string of the molecule is O=C(NCCCc1cccc(F)c1)c1ccc2c(c1)OCCO2. The number of halogens is 1. The first kappa shape index (κ1) is 15.3. The highest BCUT2D eigenvalue weighted by Crippen LogP contribution is 2.30. The Bertz CT molecular complexity index is 702. The van der Waals surface area contributed by atoms with Crippen molar-refractivity contribution in [1.29, 1.82) is 0 Å². The zero-order chi connectivity index (χ0) is 16.1. The molecule has 0 fully saturated rings. The van der Waals surface area contributed by atoms with Crippen LogP contribution in [0.4, 0.5) is 4.39 Å². The Balaban J connectivity index is 1.49. The molecule has 1 amide bonds. The average Bonchev–Trinajstić information content (AvgIpc) is 2.58. The Hall–Kier alpha value is -2.56. The number of nitrogens with one attached hydrogen (secondary N) is 1. The summed E-state index contributed by atoms with van der Waals surface area (Å²) in [6.45, 7) is 1.55. The molecule has 2 aromatic rings. The lowest BCUT2D eigenvalue weighted by Crippen LogP contribution is -2.25. The molecule has 0 aromatic heterocycles. The molecule has 1 heterocycles. The fraction of sp³-hybridized carbons (Fsp3) is 0.278. The quantitative estimate of drug-likeness (QED) is 0.863. The fourth-order valence-corrected chi connectivity index (χ4v) is 2.47. The van der Waals surface area contributed by atoms with E-state index in [4.69, 9.17) is 9.47 Å². The van der Waals surface area contributed by atoms with Crippen LogP contribution in [-0.2, 0) is 6.42 Å². The molecule has 1 aliphatic heterocycles. The van der Waals surface area contributed by atoms with Crippen molar-refractivity contribution in [2.24, 2.45) is 0 Å². The molecule has 0 unspecified atom stereocenters. The maximum atomic E-state index is 13.1. The topological polar surface area (TPSA) is 47.6 Å². The Labute approximate surface area is 134 Å². The van der Waals surface area contributed by atoms with E-state index in [2.05, 4.69) is 5.32 Å². The van der Waals surface area contributed by atoms with Gasteiger partial charge >= 0.3 is 0 Å². The number of benzene rings is 2. The molecule has 0 aliphatic carbocycles. The summed E-state index contributed by atoms with van der Waals surface area (Å²) in [5, 5.41) is 2.86. The maximum absolute atomic E-state index is 13.1. The lowest BCUT2D eigenvalue weighted by molar-refractivity contribution is 0.0952. The number of hydrogen-bond acceptors (Lipinski definition) is 3. The van der Waals surface area contributed by atoms with Crippen molar-refractivity contribution in [3.63, 3.8) is 0 Å². The highest BCUT2D eigenvalue weighted by Gasteiger charge is 2.14. The van der Waals surface area contributed by atoms with Crippen molar-refractivity contribution in [1.82, 2.24) is 5.32 Å². The number of carbonyl (C=O) groups excluding carboxylic acids is 1. The minimum atomic E-state index is -0.234. The molecular formula is C18H18FNO3. The molecule has 0 spiro atoms. The van der Waals surface area contributed by atoms with Gasteiger partial charge in [0, 0.05) is 12.1 Å². The molecule has 1 N–H and O–H groups in total. The van der Waals surface area contributed by atoms with Gasteiger partial charge in [-0.05, 0) is 48.7 Å². The number of fused-ring (bicyclic) bond motifs is 1. The van der Waals surface area contributed by atoms with Gasteiger partial charge in [-0.1, -0.05) is 12.1 Å². The summed E-state index contributed by atoms with van der Waals surface area (Å²) in [5.74, 6) is 0.881. The molecule has 0 saturated heterocycles. The van der Waals surface area contributed by atoms with E-state index in [1.165, 1.54) is 12.1 Å². The Morgan fingerprint density at radius 3 is 2.74 bits per heavy atom. The van der Waals surface area contributed by atoms with Crippen LogP contribution in [0.25, 0.3) is 0 Å². The largest absolute Gasteiger partial charge is 0.486 e. The first-order chi connectivity index (χ1) is 11.2. The van der Waals surface area contributed by atoms with Crippen LogP contribution in [0, 0.1) is 5.82 Å². The van der Waals surface area contributed by atoms with Gasteiger partial charge < -0.3 is 14.8 Å². The minimum absolute atomic E-state index is 0.152. The van der Waals surface area contributed by atoms with Crippen LogP contribution in [0.1, 0.15) is 22.3 Å². The summed E-state index contributed by atoms with van der Waals surface area (Å²) >= 11 is 0. The third-order valence-corrected chi connectivity index (χ3v) is 3.62. The van der Waals surface area contributed by atoms with Crippen LogP contribution in [0.5, 0.6) is 11.5 Å². The van der Waals surface area contributed by atoms with E-state index in [0.717, 1.165) is 18.4 Å². The number of rotatable bonds is 5. The summed E-state index contributed by atoms with van der Waals surface area (Å²) in [5.41, 5.74) is 1.47. The lowest BCUT2D eigenvalue weighted by Gasteiger charge is -2.18. The molecule has 120 valence electrons. The van der Waals surface area contributed by atoms with Gasteiger partial charge in [-0.25, -0.2) is 4.39 Å². The smallest absolute Gasteiger partial charge is 0.251 e. The normalized spacial score (nSPS) is 12.7. The molecule has 5 heteroatoms. The molecular weight excluding hydrogens is 297 g/mol. The van der Waals surface area contributed by atoms with Gasteiger partial charge in [0.1, 0.15) is 19.0 Å². The number of hydrogen-bond donors (Lipinski definition) is 1. The standard InChI is InChI=1S/C18H18FNO3/c19-15-5-1-3-13(11-15)4-2-8-20-18(21)14-6-7-16-17(12-14)23-10-9-22-16/h1,3,5-7,11-12H,2,4,8-10H2,(H,20,21). The van der Waals surface area contributed by atoms with Crippen LogP contribution >= 0.6 is 0 Å². The fourth-order valence-electron chi connectivity index (χ4n) is 2.47. The monoisotopic (exact) mass is 315 g/mol. The predicted octanol–water partition coefficient (Wildman–Crippen LogP) is 2.96. The molecule has 4 nitrogen and oxygen atoms in total. The second kappa shape index (κ2) is 7.13. The summed E-state index contributed by atoms with van der Waals surface area (Å²) in [4.78, 5) is 12.1. The Morgan fingerprint density at radius 2 is 1.91 bits per heavy atom. The van der Waals surface area contributed by atoms with E-state index in [0.29, 0.717) is 36.8 Å². The van der Waals surface area contributed by atoms with Crippen molar-refractivity contribution in [2.75, 3.05) is 19.8 Å². The van der Waals surface area contributed by atoms with Crippen molar-refractivity contribution in [3.05, 3.63) is 59.4 Å². The van der Waals surface area contributed by atoms with E-state index >= 15 is 0 Å². The molecule has 3 rings (SSSR count). The number of ether oxygens (including phenoxy) is 2. The van der Waals surface area contributed by atoms with Gasteiger partial charge in [0.15, 0.2) is 11.5 Å². The van der Waals surface area contributed by atoms with Gasteiger partial charge in [-0.3, -0.25) is 4.79 Å². The zero-order valence-corrected chi connectivity index (χ0v) is 12.7. The number of carbonyl (C=O) groups is 1. The molecule has 0 radical (unpaired) electrons. The van der Waals surface area contributed by atoms with E-state index in [9.17, 15) is 9.18 Å². The maximum Gasteiger partial charge on any atom is 0.251 e. The van der Waals surface area contributed by atoms with Crippen molar-refractivity contribution in [3.8, 4) is 11.5 Å². The lowest BCUT2D eigenvalue weighted by atomic mass is 10.1. The summed E-state index contributed by atoms with van der Waals surface area (Å²) in [6.07, 6.45) is 1.47. The average molecular weight is 315 g/mol. The summed E-state index contributed by atoms with van der Waals surface area (Å²) < 4.78 is 24.0. The third-order valence-electron chi connectivity index (χ3n) is 3.62. The van der Waals surface area contributed by atoms with Crippen LogP contribution in [-0.4, -0.2) is 25.7 Å². The van der Waals surface area contributed by atoms with Gasteiger partial charge in [0.05, 0.1) is 0 Å². The van der Waals surface area contributed by atoms with Gasteiger partial charge in [-0.2, -0.15) is 0 Å². The van der Waals surface area contributed by atoms with E-state index in [-0.39, 0.29) is 11.7 Å². The van der Waals surface area contributed by atoms with E-state index in [1.807, 2.05) is 6.07 Å². The molecule has 23 heavy (non-hydrogen) atoms. The molecule has 2 aromatic carbocycles. The van der Waals surface area contributed by atoms with Crippen molar-refractivity contribution in [2.45, 2.75) is 12.8 Å². The predicted molar refractivity (Wildman–Crippen MR) is 84.5 cm³/mol. The highest BCUT2D eigenvalue weighted by atomic mass is 19.1. The van der Waals surface area contributed by atoms with E-state index < -0.39 is 0 Å². The molecule has 0 saturated carbocycles. The first-order valence-electron chi connectivity index (χ1n) is 7.65.